The van der Waals surface area contributed by atoms with E-state index in [2.05, 4.69) is 114 Å². The van der Waals surface area contributed by atoms with E-state index < -0.39 is 0 Å². The van der Waals surface area contributed by atoms with E-state index in [9.17, 15) is 0 Å². The average molecular weight is 588 g/mol. The minimum atomic E-state index is 0.803. The van der Waals surface area contributed by atoms with Crippen LogP contribution in [0.5, 0.6) is 0 Å². The van der Waals surface area contributed by atoms with E-state index >= 15 is 0 Å². The Kier molecular flexibility index (Phi) is 5.25. The second kappa shape index (κ2) is 9.62. The molecule has 3 heterocycles. The van der Waals surface area contributed by atoms with Crippen molar-refractivity contribution in [2.24, 2.45) is 0 Å². The van der Waals surface area contributed by atoms with Gasteiger partial charge in [0.2, 0.25) is 0 Å². The molecule has 3 aromatic heterocycles. The summed E-state index contributed by atoms with van der Waals surface area (Å²) in [6, 6.07) is 53.0. The van der Waals surface area contributed by atoms with E-state index in [-0.39, 0.29) is 0 Å². The first-order valence-corrected chi connectivity index (χ1v) is 15.5. The summed E-state index contributed by atoms with van der Waals surface area (Å²) in [6.07, 6.45) is 0. The molecule has 0 aliphatic rings. The number of benzene rings is 7. The number of furan rings is 1. The Morgan fingerprint density at radius 2 is 1.20 bits per heavy atom. The predicted molar refractivity (Wildman–Crippen MR) is 190 cm³/mol. The molecule has 0 fully saturated rings. The van der Waals surface area contributed by atoms with Crippen molar-refractivity contribution >= 4 is 65.6 Å². The third-order valence-corrected chi connectivity index (χ3v) is 9.18. The fourth-order valence-corrected chi connectivity index (χ4v) is 7.12. The Hall–Kier alpha value is -6.26. The monoisotopic (exact) mass is 587 g/mol. The molecule has 0 spiro atoms. The summed E-state index contributed by atoms with van der Waals surface area (Å²) in [5.74, 6) is 0.803. The van der Waals surface area contributed by atoms with Crippen molar-refractivity contribution in [3.63, 3.8) is 0 Å². The Morgan fingerprint density at radius 1 is 0.478 bits per heavy atom. The molecular formula is C42H25N3O. The third-order valence-electron chi connectivity index (χ3n) is 9.18. The molecule has 0 unspecified atom stereocenters. The van der Waals surface area contributed by atoms with Gasteiger partial charge in [0.15, 0.2) is 5.82 Å². The van der Waals surface area contributed by atoms with Crippen molar-refractivity contribution < 1.29 is 4.42 Å². The summed E-state index contributed by atoms with van der Waals surface area (Å²) in [5, 5.41) is 7.03. The second-order valence-electron chi connectivity index (χ2n) is 11.8. The number of rotatable bonds is 3. The van der Waals surface area contributed by atoms with Gasteiger partial charge < -0.3 is 4.42 Å². The van der Waals surface area contributed by atoms with Gasteiger partial charge in [-0.15, -0.1) is 0 Å². The molecule has 0 saturated heterocycles. The van der Waals surface area contributed by atoms with E-state index in [0.717, 1.165) is 72.2 Å². The molecule has 4 nitrogen and oxygen atoms in total. The fraction of sp³-hybridized carbons (Fsp3) is 0. The molecular weight excluding hydrogens is 562 g/mol. The van der Waals surface area contributed by atoms with Crippen molar-refractivity contribution in [2.75, 3.05) is 0 Å². The highest BCUT2D eigenvalue weighted by atomic mass is 16.3. The molecule has 0 amide bonds. The van der Waals surface area contributed by atoms with Gasteiger partial charge in [0.1, 0.15) is 16.9 Å². The standard InChI is InChI=1S/C42H25N3O/c1-2-12-27(13-3-1)40-42(44-35-19-8-7-18-34(35)43-40)45-36-24-22-26-11-4-5-14-29(26)39(36)33-17-10-16-30(41(33)45)28-21-23-32-31-15-6-9-20-37(31)46-38(32)25-28/h1-25H. The van der Waals surface area contributed by atoms with Crippen LogP contribution in [0, 0.1) is 0 Å². The number of hydrogen-bond acceptors (Lipinski definition) is 3. The zero-order valence-electron chi connectivity index (χ0n) is 24.7. The molecule has 0 radical (unpaired) electrons. The number of para-hydroxylation sites is 4. The smallest absolute Gasteiger partial charge is 0.165 e. The molecule has 46 heavy (non-hydrogen) atoms. The summed E-state index contributed by atoms with van der Waals surface area (Å²) in [5.41, 5.74) is 9.72. The van der Waals surface area contributed by atoms with Crippen LogP contribution in [0.2, 0.25) is 0 Å². The van der Waals surface area contributed by atoms with Gasteiger partial charge >= 0.3 is 0 Å². The molecule has 0 aliphatic carbocycles. The van der Waals surface area contributed by atoms with Gasteiger partial charge in [-0.05, 0) is 52.7 Å². The van der Waals surface area contributed by atoms with Crippen LogP contribution in [0.1, 0.15) is 0 Å². The molecule has 10 rings (SSSR count). The molecule has 4 heteroatoms. The number of aromatic nitrogens is 3. The van der Waals surface area contributed by atoms with Crippen LogP contribution in [-0.2, 0) is 0 Å². The summed E-state index contributed by atoms with van der Waals surface area (Å²) in [4.78, 5) is 10.6. The Labute approximate surface area is 263 Å². The van der Waals surface area contributed by atoms with E-state index in [4.69, 9.17) is 14.4 Å². The van der Waals surface area contributed by atoms with Gasteiger partial charge in [-0.3, -0.25) is 4.57 Å². The maximum absolute atomic E-state index is 6.35. The lowest BCUT2D eigenvalue weighted by molar-refractivity contribution is 0.669. The van der Waals surface area contributed by atoms with E-state index in [1.807, 2.05) is 42.5 Å². The second-order valence-corrected chi connectivity index (χ2v) is 11.8. The zero-order valence-corrected chi connectivity index (χ0v) is 24.7. The van der Waals surface area contributed by atoms with Crippen LogP contribution in [-0.4, -0.2) is 14.5 Å². The highest BCUT2D eigenvalue weighted by Gasteiger charge is 2.23. The highest BCUT2D eigenvalue weighted by molar-refractivity contribution is 6.23. The van der Waals surface area contributed by atoms with Crippen LogP contribution in [0.3, 0.4) is 0 Å². The molecule has 0 saturated carbocycles. The van der Waals surface area contributed by atoms with Crippen LogP contribution in [0.15, 0.2) is 156 Å². The first kappa shape index (κ1) is 25.1. The fourth-order valence-electron chi connectivity index (χ4n) is 7.12. The van der Waals surface area contributed by atoms with Crippen molar-refractivity contribution in [3.05, 3.63) is 152 Å². The minimum Gasteiger partial charge on any atom is -0.456 e. The van der Waals surface area contributed by atoms with Gasteiger partial charge in [0.05, 0.1) is 22.1 Å². The number of nitrogens with zero attached hydrogens (tertiary/aromatic N) is 3. The minimum absolute atomic E-state index is 0.803. The van der Waals surface area contributed by atoms with Gasteiger partial charge in [-0.25, -0.2) is 9.97 Å². The predicted octanol–water partition coefficient (Wildman–Crippen LogP) is 11.1. The highest BCUT2D eigenvalue weighted by Crippen LogP contribution is 2.43. The maximum Gasteiger partial charge on any atom is 0.165 e. The molecule has 10 aromatic rings. The summed E-state index contributed by atoms with van der Waals surface area (Å²) in [6.45, 7) is 0. The number of hydrogen-bond donors (Lipinski definition) is 0. The normalized spacial score (nSPS) is 11.9. The largest absolute Gasteiger partial charge is 0.456 e. The SMILES string of the molecule is c1ccc(-c2nc3ccccc3nc2-n2c3ccc4ccccc4c3c3cccc(-c4ccc5c(c4)oc4ccccc45)c32)cc1. The first-order chi connectivity index (χ1) is 22.8. The first-order valence-electron chi connectivity index (χ1n) is 15.5. The topological polar surface area (TPSA) is 43.9 Å². The molecule has 0 atom stereocenters. The summed E-state index contributed by atoms with van der Waals surface area (Å²) >= 11 is 0. The van der Waals surface area contributed by atoms with Crippen LogP contribution in [0.4, 0.5) is 0 Å². The maximum atomic E-state index is 6.35. The lowest BCUT2D eigenvalue weighted by atomic mass is 9.99. The summed E-state index contributed by atoms with van der Waals surface area (Å²) in [7, 11) is 0. The summed E-state index contributed by atoms with van der Waals surface area (Å²) < 4.78 is 8.68. The zero-order chi connectivity index (χ0) is 30.2. The van der Waals surface area contributed by atoms with Crippen LogP contribution < -0.4 is 0 Å². The van der Waals surface area contributed by atoms with E-state index in [1.165, 1.54) is 21.5 Å². The Bertz CT molecular complexity index is 2810. The molecule has 7 aromatic carbocycles. The van der Waals surface area contributed by atoms with Crippen LogP contribution >= 0.6 is 0 Å². The van der Waals surface area contributed by atoms with Crippen LogP contribution in [0.25, 0.3) is 93.8 Å². The Morgan fingerprint density at radius 3 is 2.09 bits per heavy atom. The number of fused-ring (bicyclic) bond motifs is 9. The van der Waals surface area contributed by atoms with Crippen molar-refractivity contribution in [3.8, 4) is 28.2 Å². The van der Waals surface area contributed by atoms with Crippen molar-refractivity contribution in [1.82, 2.24) is 14.5 Å². The third kappa shape index (κ3) is 3.61. The van der Waals surface area contributed by atoms with Gasteiger partial charge in [-0.2, -0.15) is 0 Å². The van der Waals surface area contributed by atoms with Gasteiger partial charge in [0, 0.05) is 32.7 Å². The Balaban J connectivity index is 1.37. The lowest BCUT2D eigenvalue weighted by Crippen LogP contribution is -2.04. The van der Waals surface area contributed by atoms with E-state index in [1.54, 1.807) is 0 Å². The van der Waals surface area contributed by atoms with Gasteiger partial charge in [-0.1, -0.05) is 115 Å². The average Bonchev–Trinajstić information content (AvgIpc) is 3.67. The van der Waals surface area contributed by atoms with Gasteiger partial charge in [0.25, 0.3) is 0 Å². The van der Waals surface area contributed by atoms with Crippen molar-refractivity contribution in [2.45, 2.75) is 0 Å². The molecule has 0 bridgehead atoms. The van der Waals surface area contributed by atoms with E-state index in [0.29, 0.717) is 0 Å². The molecule has 0 aliphatic heterocycles. The quantitative estimate of drug-likeness (QED) is 0.207. The van der Waals surface area contributed by atoms with Crippen molar-refractivity contribution in [1.29, 1.82) is 0 Å². The lowest BCUT2D eigenvalue weighted by Gasteiger charge is -2.15. The molecule has 0 N–H and O–H groups in total. The molecule has 214 valence electrons.